The highest BCUT2D eigenvalue weighted by Crippen LogP contribution is 2.39. The smallest absolute Gasteiger partial charge is 0.310 e. The number of amides is 1. The number of aromatic hydroxyl groups is 1. The van der Waals surface area contributed by atoms with Crippen LogP contribution in [0.2, 0.25) is 0 Å². The van der Waals surface area contributed by atoms with Crippen molar-refractivity contribution in [3.05, 3.63) is 62.1 Å². The summed E-state index contributed by atoms with van der Waals surface area (Å²) in [5.41, 5.74) is 7.76. The Bertz CT molecular complexity index is 942. The minimum atomic E-state index is -0.673. The number of anilines is 1. The first-order valence-corrected chi connectivity index (χ1v) is 8.49. The number of rotatable bonds is 5. The third-order valence-electron chi connectivity index (χ3n) is 3.88. The summed E-state index contributed by atoms with van der Waals surface area (Å²) < 4.78 is 0.801. The number of nitrogens with two attached hydrogens (primary N) is 1. The summed E-state index contributed by atoms with van der Waals surface area (Å²) in [5.74, 6) is -0.788. The molecule has 0 saturated carbocycles. The third kappa shape index (κ3) is 3.26. The van der Waals surface area contributed by atoms with Gasteiger partial charge in [-0.05, 0) is 30.3 Å². The first-order chi connectivity index (χ1) is 12.4. The summed E-state index contributed by atoms with van der Waals surface area (Å²) >= 11 is 3.39. The van der Waals surface area contributed by atoms with Crippen LogP contribution in [0.1, 0.15) is 11.1 Å². The van der Waals surface area contributed by atoms with Gasteiger partial charge in [-0.2, -0.15) is 0 Å². The molecule has 2 aromatic rings. The number of nitrogens with zero attached hydrogens (tertiary/aromatic N) is 1. The fourth-order valence-corrected chi connectivity index (χ4v) is 3.11. The number of benzene rings is 2. The minimum absolute atomic E-state index is 0.310. The van der Waals surface area contributed by atoms with Crippen LogP contribution in [-0.4, -0.2) is 29.0 Å². The fourth-order valence-electron chi connectivity index (χ4n) is 2.75. The van der Waals surface area contributed by atoms with E-state index in [9.17, 15) is 20.0 Å². The van der Waals surface area contributed by atoms with E-state index in [0.29, 0.717) is 41.2 Å². The zero-order valence-electron chi connectivity index (χ0n) is 13.5. The maximum absolute atomic E-state index is 12.6. The number of hydrogen-bond donors (Lipinski definition) is 4. The Morgan fingerprint density at radius 1 is 1.31 bits per heavy atom. The zero-order valence-corrected chi connectivity index (χ0v) is 15.0. The van der Waals surface area contributed by atoms with Crippen LogP contribution in [0.15, 0.2) is 40.9 Å². The van der Waals surface area contributed by atoms with Gasteiger partial charge in [0.2, 0.25) is 0 Å². The molecule has 0 radical (unpaired) electrons. The van der Waals surface area contributed by atoms with Gasteiger partial charge in [-0.1, -0.05) is 15.9 Å². The topological polar surface area (TPSA) is 131 Å². The Hall–Kier alpha value is -2.91. The van der Waals surface area contributed by atoms with E-state index in [1.54, 1.807) is 12.1 Å². The predicted molar refractivity (Wildman–Crippen MR) is 101 cm³/mol. The lowest BCUT2D eigenvalue weighted by molar-refractivity contribution is -0.385. The first-order valence-electron chi connectivity index (χ1n) is 7.69. The molecule has 8 nitrogen and oxygen atoms in total. The quantitative estimate of drug-likeness (QED) is 0.335. The maximum Gasteiger partial charge on any atom is 0.310 e. The van der Waals surface area contributed by atoms with E-state index < -0.39 is 16.4 Å². The number of halogens is 1. The Balaban J connectivity index is 2.20. The predicted octanol–water partition coefficient (Wildman–Crippen LogP) is 2.43. The number of nitro benzene ring substituents is 1. The van der Waals surface area contributed by atoms with Crippen molar-refractivity contribution in [2.75, 3.05) is 18.4 Å². The lowest BCUT2D eigenvalue weighted by Gasteiger charge is -2.14. The molecule has 9 heteroatoms. The number of carbonyl (C=O) groups excluding carboxylic acids is 1. The fraction of sp³-hybridized carbons (Fsp3) is 0.118. The summed E-state index contributed by atoms with van der Waals surface area (Å²) in [7, 11) is 0. The first kappa shape index (κ1) is 17.9. The number of nitro groups is 1. The molecule has 1 aliphatic rings. The molecule has 26 heavy (non-hydrogen) atoms. The molecule has 134 valence electrons. The monoisotopic (exact) mass is 418 g/mol. The summed E-state index contributed by atoms with van der Waals surface area (Å²) in [6, 6.07) is 9.33. The van der Waals surface area contributed by atoms with E-state index in [0.717, 1.165) is 4.47 Å². The Morgan fingerprint density at radius 2 is 2.08 bits per heavy atom. The lowest BCUT2D eigenvalue weighted by atomic mass is 10.00. The Morgan fingerprint density at radius 3 is 2.73 bits per heavy atom. The van der Waals surface area contributed by atoms with Gasteiger partial charge in [-0.25, -0.2) is 0 Å². The summed E-state index contributed by atoms with van der Waals surface area (Å²) in [5, 5.41) is 26.8. The van der Waals surface area contributed by atoms with Crippen molar-refractivity contribution in [1.82, 2.24) is 5.32 Å². The molecular formula is C17H15BrN4O4. The number of phenolic OH excluding ortho intramolecular Hbond substituents is 1. The highest BCUT2D eigenvalue weighted by Gasteiger charge is 2.29. The highest BCUT2D eigenvalue weighted by atomic mass is 79.9. The SMILES string of the molecule is NCCN/C(=C1\C(=O)Nc2ccc(Br)cc21)c1ccc([N+](=O)[O-])c(O)c1. The van der Waals surface area contributed by atoms with Gasteiger partial charge in [0, 0.05) is 40.4 Å². The van der Waals surface area contributed by atoms with Crippen LogP contribution in [0.25, 0.3) is 11.3 Å². The van der Waals surface area contributed by atoms with Crippen molar-refractivity contribution < 1.29 is 14.8 Å². The van der Waals surface area contributed by atoms with Crippen molar-refractivity contribution in [2.24, 2.45) is 5.73 Å². The Kier molecular flexibility index (Phi) is 4.92. The second-order valence-electron chi connectivity index (χ2n) is 5.57. The maximum atomic E-state index is 12.6. The minimum Gasteiger partial charge on any atom is -0.502 e. The van der Waals surface area contributed by atoms with Gasteiger partial charge in [0.05, 0.1) is 16.2 Å². The molecule has 5 N–H and O–H groups in total. The standard InChI is InChI=1S/C17H15BrN4O4/c18-10-2-3-12-11(8-10)15(17(24)21-12)16(20-6-5-19)9-1-4-13(22(25)26)14(23)7-9/h1-4,7-8,20,23H,5-6,19H2,(H,21,24)/b16-15-. The van der Waals surface area contributed by atoms with E-state index in [4.69, 9.17) is 5.73 Å². The number of carbonyl (C=O) groups is 1. The molecule has 3 rings (SSSR count). The van der Waals surface area contributed by atoms with Gasteiger partial charge >= 0.3 is 5.69 Å². The van der Waals surface area contributed by atoms with Gasteiger partial charge in [0.15, 0.2) is 5.75 Å². The van der Waals surface area contributed by atoms with Gasteiger partial charge < -0.3 is 21.5 Å². The Labute approximate surface area is 157 Å². The molecule has 1 amide bonds. The average Bonchev–Trinajstić information content (AvgIpc) is 2.90. The van der Waals surface area contributed by atoms with Crippen molar-refractivity contribution in [3.63, 3.8) is 0 Å². The summed E-state index contributed by atoms with van der Waals surface area (Å²) in [4.78, 5) is 22.8. The van der Waals surface area contributed by atoms with Gasteiger partial charge in [0.1, 0.15) is 0 Å². The number of nitrogens with one attached hydrogen (secondary N) is 2. The molecule has 0 saturated heterocycles. The third-order valence-corrected chi connectivity index (χ3v) is 4.38. The molecule has 2 aromatic carbocycles. The van der Waals surface area contributed by atoms with Gasteiger partial charge in [-0.15, -0.1) is 0 Å². The summed E-state index contributed by atoms with van der Waals surface area (Å²) in [6.45, 7) is 0.704. The molecule has 0 aromatic heterocycles. The van der Waals surface area contributed by atoms with Gasteiger partial charge in [-0.3, -0.25) is 14.9 Å². The van der Waals surface area contributed by atoms with Crippen molar-refractivity contribution in [3.8, 4) is 5.75 Å². The van der Waals surface area contributed by atoms with E-state index in [2.05, 4.69) is 26.6 Å². The van der Waals surface area contributed by atoms with Crippen LogP contribution in [0, 0.1) is 10.1 Å². The van der Waals surface area contributed by atoms with Crippen LogP contribution < -0.4 is 16.4 Å². The van der Waals surface area contributed by atoms with Crippen LogP contribution in [0.3, 0.4) is 0 Å². The molecule has 0 bridgehead atoms. The van der Waals surface area contributed by atoms with E-state index >= 15 is 0 Å². The van der Waals surface area contributed by atoms with E-state index in [1.807, 2.05) is 6.07 Å². The van der Waals surface area contributed by atoms with Crippen molar-refractivity contribution in [2.45, 2.75) is 0 Å². The zero-order chi connectivity index (χ0) is 18.8. The molecular weight excluding hydrogens is 404 g/mol. The summed E-state index contributed by atoms with van der Waals surface area (Å²) in [6.07, 6.45) is 0. The molecule has 1 aliphatic heterocycles. The van der Waals surface area contributed by atoms with Crippen LogP contribution in [0.5, 0.6) is 5.75 Å². The van der Waals surface area contributed by atoms with E-state index in [-0.39, 0.29) is 5.91 Å². The molecule has 0 atom stereocenters. The normalized spacial score (nSPS) is 14.6. The van der Waals surface area contributed by atoms with Crippen LogP contribution in [-0.2, 0) is 4.79 Å². The number of fused-ring (bicyclic) bond motifs is 1. The van der Waals surface area contributed by atoms with Crippen molar-refractivity contribution in [1.29, 1.82) is 0 Å². The molecule has 0 unspecified atom stereocenters. The second-order valence-corrected chi connectivity index (χ2v) is 6.49. The second kappa shape index (κ2) is 7.14. The highest BCUT2D eigenvalue weighted by molar-refractivity contribution is 9.10. The van der Waals surface area contributed by atoms with Crippen molar-refractivity contribution >= 4 is 44.5 Å². The molecule has 0 spiro atoms. The van der Waals surface area contributed by atoms with Crippen LogP contribution >= 0.6 is 15.9 Å². The molecule has 0 fully saturated rings. The number of phenols is 1. The lowest BCUT2D eigenvalue weighted by Crippen LogP contribution is -2.23. The van der Waals surface area contributed by atoms with E-state index in [1.165, 1.54) is 18.2 Å². The number of hydrogen-bond acceptors (Lipinski definition) is 6. The largest absolute Gasteiger partial charge is 0.502 e. The average molecular weight is 419 g/mol. The molecule has 1 heterocycles. The van der Waals surface area contributed by atoms with Gasteiger partial charge in [0.25, 0.3) is 5.91 Å². The van der Waals surface area contributed by atoms with Crippen LogP contribution in [0.4, 0.5) is 11.4 Å². The molecule has 0 aliphatic carbocycles.